The zero-order chi connectivity index (χ0) is 17.8. The highest BCUT2D eigenvalue weighted by Crippen LogP contribution is 2.16. The lowest BCUT2D eigenvalue weighted by atomic mass is 10.1. The Morgan fingerprint density at radius 1 is 0.885 bits per heavy atom. The Kier molecular flexibility index (Phi) is 5.09. The number of hydrogen-bond donors (Lipinski definition) is 0. The number of aromatic nitrogens is 2. The van der Waals surface area contributed by atoms with Crippen LogP contribution in [0.25, 0.3) is 11.6 Å². The molecule has 5 heteroatoms. The molecule has 0 aliphatic carbocycles. The highest BCUT2D eigenvalue weighted by atomic mass is 16.3. The second-order valence-corrected chi connectivity index (χ2v) is 6.93. The summed E-state index contributed by atoms with van der Waals surface area (Å²) in [5.74, 6) is 1.35. The lowest BCUT2D eigenvalue weighted by molar-refractivity contribution is 0.122. The Labute approximate surface area is 154 Å². The van der Waals surface area contributed by atoms with E-state index in [9.17, 15) is 0 Å². The highest BCUT2D eigenvalue weighted by molar-refractivity contribution is 5.45. The third-order valence-electron chi connectivity index (χ3n) is 4.81. The monoisotopic (exact) mass is 348 g/mol. The van der Waals surface area contributed by atoms with Crippen LogP contribution in [0.5, 0.6) is 0 Å². The molecule has 0 saturated carbocycles. The number of aryl methyl sites for hydroxylation is 1. The van der Waals surface area contributed by atoms with E-state index in [1.165, 1.54) is 11.1 Å². The molecule has 0 amide bonds. The minimum Gasteiger partial charge on any atom is -0.461 e. The summed E-state index contributed by atoms with van der Waals surface area (Å²) in [6.45, 7) is 8.43. The second-order valence-electron chi connectivity index (χ2n) is 6.93. The number of hydrogen-bond acceptors (Lipinski definition) is 5. The summed E-state index contributed by atoms with van der Waals surface area (Å²) in [4.78, 5) is 13.8. The Balaban J connectivity index is 1.28. The lowest BCUT2D eigenvalue weighted by Gasteiger charge is -2.34. The predicted molar refractivity (Wildman–Crippen MR) is 101 cm³/mol. The van der Waals surface area contributed by atoms with Gasteiger partial charge >= 0.3 is 0 Å². The van der Waals surface area contributed by atoms with Gasteiger partial charge in [-0.3, -0.25) is 9.80 Å². The number of piperazine rings is 1. The fourth-order valence-corrected chi connectivity index (χ4v) is 3.40. The summed E-state index contributed by atoms with van der Waals surface area (Å²) in [5, 5.41) is 0. The molecule has 26 heavy (non-hydrogen) atoms. The first-order chi connectivity index (χ1) is 12.8. The molecule has 0 bridgehead atoms. The maximum Gasteiger partial charge on any atom is 0.195 e. The van der Waals surface area contributed by atoms with Crippen LogP contribution < -0.4 is 0 Å². The van der Waals surface area contributed by atoms with Crippen molar-refractivity contribution < 1.29 is 4.42 Å². The highest BCUT2D eigenvalue weighted by Gasteiger charge is 2.17. The van der Waals surface area contributed by atoms with Gasteiger partial charge in [0.15, 0.2) is 11.6 Å². The molecule has 1 saturated heterocycles. The van der Waals surface area contributed by atoms with E-state index in [2.05, 4.69) is 51.0 Å². The Morgan fingerprint density at radius 2 is 1.58 bits per heavy atom. The van der Waals surface area contributed by atoms with Gasteiger partial charge in [-0.05, 0) is 24.6 Å². The molecule has 1 fully saturated rings. The first-order valence-electron chi connectivity index (χ1n) is 9.11. The van der Waals surface area contributed by atoms with Crippen LogP contribution in [-0.4, -0.2) is 45.9 Å². The summed E-state index contributed by atoms with van der Waals surface area (Å²) in [6, 6.07) is 12.5. The molecular weight excluding hydrogens is 324 g/mol. The van der Waals surface area contributed by atoms with Crippen LogP contribution in [0.3, 0.4) is 0 Å². The van der Waals surface area contributed by atoms with Gasteiger partial charge in [-0.25, -0.2) is 9.97 Å². The first kappa shape index (κ1) is 16.9. The zero-order valence-corrected chi connectivity index (χ0v) is 15.1. The van der Waals surface area contributed by atoms with Crippen molar-refractivity contribution in [2.24, 2.45) is 0 Å². The standard InChI is InChI=1S/C21H24N4O/c1-17-4-2-5-18(12-17)15-24-7-9-25(10-8-24)16-19-13-22-21(23-14-19)20-6-3-11-26-20/h2-6,11-14H,7-10,15-16H2,1H3. The van der Waals surface area contributed by atoms with Crippen LogP contribution in [0.1, 0.15) is 16.7 Å². The van der Waals surface area contributed by atoms with Gasteiger partial charge in [-0.2, -0.15) is 0 Å². The van der Waals surface area contributed by atoms with Crippen LogP contribution in [0.2, 0.25) is 0 Å². The van der Waals surface area contributed by atoms with E-state index < -0.39 is 0 Å². The molecule has 0 spiro atoms. The molecule has 5 nitrogen and oxygen atoms in total. The normalized spacial score (nSPS) is 16.0. The Hall–Kier alpha value is -2.50. The molecule has 2 aromatic heterocycles. The molecule has 0 radical (unpaired) electrons. The predicted octanol–water partition coefficient (Wildman–Crippen LogP) is 3.36. The fourth-order valence-electron chi connectivity index (χ4n) is 3.40. The molecule has 4 rings (SSSR count). The van der Waals surface area contributed by atoms with Crippen molar-refractivity contribution in [2.45, 2.75) is 20.0 Å². The molecule has 1 aliphatic rings. The van der Waals surface area contributed by atoms with Gasteiger partial charge in [0.2, 0.25) is 0 Å². The number of furan rings is 1. The van der Waals surface area contributed by atoms with Gasteiger partial charge in [0.1, 0.15) is 0 Å². The topological polar surface area (TPSA) is 45.4 Å². The molecule has 3 aromatic rings. The summed E-state index contributed by atoms with van der Waals surface area (Å²) in [7, 11) is 0. The van der Waals surface area contributed by atoms with Gasteiger partial charge in [0.05, 0.1) is 6.26 Å². The van der Waals surface area contributed by atoms with Crippen LogP contribution in [0.15, 0.2) is 59.5 Å². The van der Waals surface area contributed by atoms with E-state index in [0.29, 0.717) is 11.6 Å². The molecule has 3 heterocycles. The van der Waals surface area contributed by atoms with E-state index in [4.69, 9.17) is 4.42 Å². The van der Waals surface area contributed by atoms with Crippen molar-refractivity contribution in [3.8, 4) is 11.6 Å². The summed E-state index contributed by atoms with van der Waals surface area (Å²) >= 11 is 0. The maximum absolute atomic E-state index is 5.34. The lowest BCUT2D eigenvalue weighted by Crippen LogP contribution is -2.45. The Bertz CT molecular complexity index is 821. The second kappa shape index (κ2) is 7.81. The summed E-state index contributed by atoms with van der Waals surface area (Å²) in [6.07, 6.45) is 5.46. The molecule has 1 aliphatic heterocycles. The van der Waals surface area contributed by atoms with Crippen molar-refractivity contribution >= 4 is 0 Å². The molecule has 0 unspecified atom stereocenters. The van der Waals surface area contributed by atoms with Gasteiger partial charge in [0.25, 0.3) is 0 Å². The summed E-state index contributed by atoms with van der Waals surface area (Å²) < 4.78 is 5.34. The third kappa shape index (κ3) is 4.18. The van der Waals surface area contributed by atoms with Crippen molar-refractivity contribution in [1.29, 1.82) is 0 Å². The minimum atomic E-state index is 0.640. The van der Waals surface area contributed by atoms with Crippen LogP contribution in [0.4, 0.5) is 0 Å². The van der Waals surface area contributed by atoms with E-state index in [0.717, 1.165) is 44.8 Å². The van der Waals surface area contributed by atoms with Crippen LogP contribution >= 0.6 is 0 Å². The van der Waals surface area contributed by atoms with Crippen LogP contribution in [-0.2, 0) is 13.1 Å². The first-order valence-corrected chi connectivity index (χ1v) is 9.11. The quantitative estimate of drug-likeness (QED) is 0.707. The average molecular weight is 348 g/mol. The van der Waals surface area contributed by atoms with Gasteiger partial charge < -0.3 is 4.42 Å². The van der Waals surface area contributed by atoms with Crippen molar-refractivity contribution in [3.63, 3.8) is 0 Å². The van der Waals surface area contributed by atoms with E-state index in [-0.39, 0.29) is 0 Å². The van der Waals surface area contributed by atoms with Gasteiger partial charge in [-0.1, -0.05) is 29.8 Å². The molecular formula is C21H24N4O. The van der Waals surface area contributed by atoms with Gasteiger partial charge in [-0.15, -0.1) is 0 Å². The van der Waals surface area contributed by atoms with E-state index in [1.807, 2.05) is 24.5 Å². The summed E-state index contributed by atoms with van der Waals surface area (Å²) in [5.41, 5.74) is 3.88. The van der Waals surface area contributed by atoms with E-state index >= 15 is 0 Å². The SMILES string of the molecule is Cc1cccc(CN2CCN(Cc3cnc(-c4ccco4)nc3)CC2)c1. The number of benzene rings is 1. The van der Waals surface area contributed by atoms with Crippen molar-refractivity contribution in [2.75, 3.05) is 26.2 Å². The molecule has 0 N–H and O–H groups in total. The third-order valence-corrected chi connectivity index (χ3v) is 4.81. The largest absolute Gasteiger partial charge is 0.461 e. The molecule has 0 atom stereocenters. The fraction of sp³-hybridized carbons (Fsp3) is 0.333. The van der Waals surface area contributed by atoms with Gasteiger partial charge in [0, 0.05) is 57.2 Å². The zero-order valence-electron chi connectivity index (χ0n) is 15.1. The molecule has 1 aromatic carbocycles. The van der Waals surface area contributed by atoms with E-state index in [1.54, 1.807) is 6.26 Å². The van der Waals surface area contributed by atoms with Crippen molar-refractivity contribution in [1.82, 2.24) is 19.8 Å². The van der Waals surface area contributed by atoms with Crippen LogP contribution in [0, 0.1) is 6.92 Å². The average Bonchev–Trinajstić information content (AvgIpc) is 3.19. The van der Waals surface area contributed by atoms with Crippen molar-refractivity contribution in [3.05, 3.63) is 71.7 Å². The smallest absolute Gasteiger partial charge is 0.195 e. The minimum absolute atomic E-state index is 0.640. The maximum atomic E-state index is 5.34. The number of rotatable bonds is 5. The Morgan fingerprint density at radius 3 is 2.19 bits per heavy atom. The molecule has 134 valence electrons. The number of nitrogens with zero attached hydrogens (tertiary/aromatic N) is 4.